The lowest BCUT2D eigenvalue weighted by Gasteiger charge is -2.21. The molecule has 0 bridgehead atoms. The average Bonchev–Trinajstić information content (AvgIpc) is 2.49. The van der Waals surface area contributed by atoms with Gasteiger partial charge in [0.25, 0.3) is 5.91 Å². The Labute approximate surface area is 140 Å². The lowest BCUT2D eigenvalue weighted by molar-refractivity contribution is -0.153. The van der Waals surface area contributed by atoms with Gasteiger partial charge in [-0.3, -0.25) is 9.59 Å². The maximum Gasteiger partial charge on any atom is 0.324 e. The predicted octanol–water partition coefficient (Wildman–Crippen LogP) is 0.760. The SMILES string of the molecule is CC(C)[C@H](NS(=O)(=O)c1ccccc1F)C(=O)OCC(=O)N(C)C. The molecule has 0 aromatic heterocycles. The molecule has 0 aliphatic rings. The Bertz CT molecular complexity index is 704. The van der Waals surface area contributed by atoms with Gasteiger partial charge in [0.05, 0.1) is 0 Å². The van der Waals surface area contributed by atoms with Crippen LogP contribution < -0.4 is 4.72 Å². The first-order valence-corrected chi connectivity index (χ1v) is 8.68. The number of carbonyl (C=O) groups is 2. The van der Waals surface area contributed by atoms with E-state index in [2.05, 4.69) is 4.72 Å². The lowest BCUT2D eigenvalue weighted by Crippen LogP contribution is -2.46. The van der Waals surface area contributed by atoms with E-state index < -0.39 is 51.2 Å². The van der Waals surface area contributed by atoms with Crippen molar-refractivity contribution in [1.82, 2.24) is 9.62 Å². The van der Waals surface area contributed by atoms with Gasteiger partial charge in [-0.15, -0.1) is 0 Å². The fourth-order valence-electron chi connectivity index (χ4n) is 1.70. The molecule has 0 heterocycles. The highest BCUT2D eigenvalue weighted by Crippen LogP contribution is 2.16. The number of likely N-dealkylation sites (N-methyl/N-ethyl adjacent to an activating group) is 1. The number of ether oxygens (including phenoxy) is 1. The fourth-order valence-corrected chi connectivity index (χ4v) is 3.11. The number of hydrogen-bond donors (Lipinski definition) is 1. The Morgan fingerprint density at radius 2 is 1.83 bits per heavy atom. The van der Waals surface area contributed by atoms with Crippen molar-refractivity contribution in [2.75, 3.05) is 20.7 Å². The summed E-state index contributed by atoms with van der Waals surface area (Å²) in [5.74, 6) is -2.74. The minimum absolute atomic E-state index is 0.442. The van der Waals surface area contributed by atoms with Crippen molar-refractivity contribution in [2.24, 2.45) is 5.92 Å². The fraction of sp³-hybridized carbons (Fsp3) is 0.467. The molecule has 0 fully saturated rings. The summed E-state index contributed by atoms with van der Waals surface area (Å²) < 4.78 is 45.2. The molecule has 1 aromatic carbocycles. The van der Waals surface area contributed by atoms with Crippen molar-refractivity contribution in [2.45, 2.75) is 24.8 Å². The quantitative estimate of drug-likeness (QED) is 0.725. The molecule has 0 saturated heterocycles. The third-order valence-corrected chi connectivity index (χ3v) is 4.64. The lowest BCUT2D eigenvalue weighted by atomic mass is 10.1. The van der Waals surface area contributed by atoms with Crippen LogP contribution in [0.5, 0.6) is 0 Å². The minimum atomic E-state index is -4.26. The van der Waals surface area contributed by atoms with E-state index in [0.29, 0.717) is 0 Å². The van der Waals surface area contributed by atoms with Crippen LogP contribution >= 0.6 is 0 Å². The van der Waals surface area contributed by atoms with Gasteiger partial charge in [0, 0.05) is 14.1 Å². The maximum absolute atomic E-state index is 13.7. The summed E-state index contributed by atoms with van der Waals surface area (Å²) >= 11 is 0. The van der Waals surface area contributed by atoms with Crippen LogP contribution in [0.3, 0.4) is 0 Å². The predicted molar refractivity (Wildman–Crippen MR) is 85.0 cm³/mol. The molecule has 9 heteroatoms. The summed E-state index contributed by atoms with van der Waals surface area (Å²) in [6, 6.07) is 3.58. The number of nitrogens with zero attached hydrogens (tertiary/aromatic N) is 1. The summed E-state index contributed by atoms with van der Waals surface area (Å²) in [7, 11) is -1.26. The second-order valence-electron chi connectivity index (χ2n) is 5.67. The van der Waals surface area contributed by atoms with Crippen LogP contribution in [0.25, 0.3) is 0 Å². The summed E-state index contributed by atoms with van der Waals surface area (Å²) in [6.07, 6.45) is 0. The third kappa shape index (κ3) is 5.27. The van der Waals surface area contributed by atoms with Crippen LogP contribution in [-0.2, 0) is 24.3 Å². The molecule has 1 atom stereocenters. The summed E-state index contributed by atoms with van der Waals surface area (Å²) in [4.78, 5) is 24.2. The Hall–Kier alpha value is -2.00. The number of amides is 1. The van der Waals surface area contributed by atoms with Crippen LogP contribution in [-0.4, -0.2) is 51.9 Å². The molecule has 0 saturated carbocycles. The Kier molecular flexibility index (Phi) is 6.85. The number of esters is 1. The van der Waals surface area contributed by atoms with E-state index in [-0.39, 0.29) is 0 Å². The molecule has 0 aliphatic carbocycles. The number of halogens is 1. The molecule has 24 heavy (non-hydrogen) atoms. The van der Waals surface area contributed by atoms with Crippen LogP contribution in [0.4, 0.5) is 4.39 Å². The molecule has 0 radical (unpaired) electrons. The highest BCUT2D eigenvalue weighted by molar-refractivity contribution is 7.89. The first-order chi connectivity index (χ1) is 11.1. The number of benzene rings is 1. The van der Waals surface area contributed by atoms with E-state index in [1.165, 1.54) is 31.1 Å². The van der Waals surface area contributed by atoms with Gasteiger partial charge in [-0.2, -0.15) is 4.72 Å². The molecule has 1 aromatic rings. The van der Waals surface area contributed by atoms with E-state index in [1.54, 1.807) is 13.8 Å². The summed E-state index contributed by atoms with van der Waals surface area (Å²) in [5.41, 5.74) is 0. The zero-order valence-corrected chi connectivity index (χ0v) is 14.8. The number of sulfonamides is 1. The zero-order valence-electron chi connectivity index (χ0n) is 13.9. The van der Waals surface area contributed by atoms with Crippen LogP contribution in [0.1, 0.15) is 13.8 Å². The Morgan fingerprint density at radius 1 is 1.25 bits per heavy atom. The third-order valence-electron chi connectivity index (χ3n) is 3.17. The minimum Gasteiger partial charge on any atom is -0.454 e. The van der Waals surface area contributed by atoms with E-state index in [0.717, 1.165) is 12.1 Å². The maximum atomic E-state index is 13.7. The molecule has 0 spiro atoms. The van der Waals surface area contributed by atoms with E-state index >= 15 is 0 Å². The van der Waals surface area contributed by atoms with Crippen LogP contribution in [0, 0.1) is 11.7 Å². The largest absolute Gasteiger partial charge is 0.454 e. The van der Waals surface area contributed by atoms with Gasteiger partial charge in [-0.05, 0) is 18.1 Å². The van der Waals surface area contributed by atoms with Crippen molar-refractivity contribution >= 4 is 21.9 Å². The second kappa shape index (κ2) is 8.20. The molecular weight excluding hydrogens is 339 g/mol. The van der Waals surface area contributed by atoms with Crippen molar-refractivity contribution in [3.63, 3.8) is 0 Å². The molecule has 1 rings (SSSR count). The normalized spacial score (nSPS) is 12.8. The monoisotopic (exact) mass is 360 g/mol. The van der Waals surface area contributed by atoms with Gasteiger partial charge < -0.3 is 9.64 Å². The second-order valence-corrected chi connectivity index (χ2v) is 7.35. The highest BCUT2D eigenvalue weighted by Gasteiger charge is 2.31. The standard InChI is InChI=1S/C15H21FN2O5S/c1-10(2)14(15(20)23-9-13(19)18(3)4)17-24(21,22)12-8-6-5-7-11(12)16/h5-8,10,14,17H,9H2,1-4H3/t14-/m0/s1. The highest BCUT2D eigenvalue weighted by atomic mass is 32.2. The van der Waals surface area contributed by atoms with Crippen molar-refractivity contribution in [1.29, 1.82) is 0 Å². The molecule has 0 unspecified atom stereocenters. The topological polar surface area (TPSA) is 92.8 Å². The van der Waals surface area contributed by atoms with Gasteiger partial charge in [0.15, 0.2) is 6.61 Å². The molecular formula is C15H21FN2O5S. The number of carbonyl (C=O) groups excluding carboxylic acids is 2. The van der Waals surface area contributed by atoms with Crippen LogP contribution in [0.2, 0.25) is 0 Å². The van der Waals surface area contributed by atoms with Crippen molar-refractivity contribution in [3.05, 3.63) is 30.1 Å². The van der Waals surface area contributed by atoms with Gasteiger partial charge in [0.2, 0.25) is 10.0 Å². The molecule has 1 amide bonds. The summed E-state index contributed by atoms with van der Waals surface area (Å²) in [6.45, 7) is 2.70. The number of nitrogens with one attached hydrogen (secondary N) is 1. The smallest absolute Gasteiger partial charge is 0.324 e. The van der Waals surface area contributed by atoms with Gasteiger partial charge >= 0.3 is 5.97 Å². The van der Waals surface area contributed by atoms with E-state index in [4.69, 9.17) is 4.74 Å². The molecule has 1 N–H and O–H groups in total. The van der Waals surface area contributed by atoms with Gasteiger partial charge in [-0.25, -0.2) is 12.8 Å². The number of hydrogen-bond acceptors (Lipinski definition) is 5. The zero-order chi connectivity index (χ0) is 18.5. The molecule has 0 aliphatic heterocycles. The van der Waals surface area contributed by atoms with E-state index in [1.807, 2.05) is 0 Å². The summed E-state index contributed by atoms with van der Waals surface area (Å²) in [5, 5.41) is 0. The van der Waals surface area contributed by atoms with Crippen molar-refractivity contribution < 1.29 is 27.1 Å². The number of rotatable bonds is 7. The van der Waals surface area contributed by atoms with E-state index in [9.17, 15) is 22.4 Å². The Balaban J connectivity index is 2.92. The average molecular weight is 360 g/mol. The van der Waals surface area contributed by atoms with Crippen LogP contribution in [0.15, 0.2) is 29.2 Å². The molecule has 7 nitrogen and oxygen atoms in total. The van der Waals surface area contributed by atoms with Crippen molar-refractivity contribution in [3.8, 4) is 0 Å². The first-order valence-electron chi connectivity index (χ1n) is 7.20. The Morgan fingerprint density at radius 3 is 2.33 bits per heavy atom. The first kappa shape index (κ1) is 20.0. The van der Waals surface area contributed by atoms with Gasteiger partial charge in [-0.1, -0.05) is 26.0 Å². The molecule has 134 valence electrons. The van der Waals surface area contributed by atoms with Gasteiger partial charge in [0.1, 0.15) is 16.8 Å².